The van der Waals surface area contributed by atoms with Gasteiger partial charge in [-0.3, -0.25) is 0 Å². The van der Waals surface area contributed by atoms with Crippen LogP contribution < -0.4 is 0 Å². The van der Waals surface area contributed by atoms with Crippen LogP contribution in [0.2, 0.25) is 0 Å². The molecule has 96 valence electrons. The smallest absolute Gasteiger partial charge is 0.127 e. The standard InChI is InChI=1S/C16H15FN2/c1-11-6-7-13(17)12(10-11)16(14-4-2-8-18-14)15-5-3-9-19-15/h2-10,16,18-19H,1H3. The van der Waals surface area contributed by atoms with Crippen LogP contribution in [0.5, 0.6) is 0 Å². The van der Waals surface area contributed by atoms with Crippen molar-refractivity contribution in [2.24, 2.45) is 0 Å². The summed E-state index contributed by atoms with van der Waals surface area (Å²) in [5.74, 6) is -0.315. The van der Waals surface area contributed by atoms with Gasteiger partial charge in [-0.15, -0.1) is 0 Å². The van der Waals surface area contributed by atoms with E-state index < -0.39 is 0 Å². The summed E-state index contributed by atoms with van der Waals surface area (Å²) in [4.78, 5) is 6.37. The van der Waals surface area contributed by atoms with Gasteiger partial charge in [-0.1, -0.05) is 17.7 Å². The molecular formula is C16H15FN2. The van der Waals surface area contributed by atoms with Gasteiger partial charge in [0.2, 0.25) is 0 Å². The topological polar surface area (TPSA) is 31.6 Å². The van der Waals surface area contributed by atoms with Crippen LogP contribution in [-0.4, -0.2) is 9.97 Å². The Morgan fingerprint density at radius 3 is 2.11 bits per heavy atom. The number of H-pyrrole nitrogens is 2. The van der Waals surface area contributed by atoms with E-state index in [1.54, 1.807) is 6.07 Å². The Kier molecular flexibility index (Phi) is 2.95. The van der Waals surface area contributed by atoms with E-state index in [1.165, 1.54) is 6.07 Å². The summed E-state index contributed by atoms with van der Waals surface area (Å²) in [5, 5.41) is 0. The number of aryl methyl sites for hydroxylation is 1. The lowest BCUT2D eigenvalue weighted by atomic mass is 9.91. The molecule has 3 heteroatoms. The average Bonchev–Trinajstić information content (AvgIpc) is 3.07. The number of hydrogen-bond acceptors (Lipinski definition) is 0. The second-order valence-electron chi connectivity index (χ2n) is 4.71. The quantitative estimate of drug-likeness (QED) is 0.708. The maximum atomic E-state index is 14.2. The van der Waals surface area contributed by atoms with Crippen LogP contribution in [0.1, 0.15) is 28.4 Å². The van der Waals surface area contributed by atoms with Crippen molar-refractivity contribution in [1.82, 2.24) is 9.97 Å². The van der Waals surface area contributed by atoms with Gasteiger partial charge in [0, 0.05) is 29.3 Å². The molecular weight excluding hydrogens is 239 g/mol. The summed E-state index contributed by atoms with van der Waals surface area (Å²) in [7, 11) is 0. The highest BCUT2D eigenvalue weighted by molar-refractivity contribution is 5.40. The van der Waals surface area contributed by atoms with Gasteiger partial charge >= 0.3 is 0 Å². The number of aromatic nitrogens is 2. The van der Waals surface area contributed by atoms with Crippen molar-refractivity contribution in [3.05, 3.63) is 83.2 Å². The van der Waals surface area contributed by atoms with E-state index in [0.717, 1.165) is 17.0 Å². The van der Waals surface area contributed by atoms with Crippen LogP contribution in [0.15, 0.2) is 54.9 Å². The monoisotopic (exact) mass is 254 g/mol. The second kappa shape index (κ2) is 4.76. The fourth-order valence-electron chi connectivity index (χ4n) is 2.43. The van der Waals surface area contributed by atoms with Gasteiger partial charge in [-0.2, -0.15) is 0 Å². The molecule has 3 rings (SSSR count). The molecule has 0 saturated carbocycles. The molecule has 2 nitrogen and oxygen atoms in total. The Labute approximate surface area is 111 Å². The lowest BCUT2D eigenvalue weighted by Gasteiger charge is -2.16. The zero-order valence-corrected chi connectivity index (χ0v) is 10.7. The molecule has 3 aromatic rings. The Morgan fingerprint density at radius 1 is 0.947 bits per heavy atom. The van der Waals surface area contributed by atoms with Crippen LogP contribution in [0, 0.1) is 12.7 Å². The Hall–Kier alpha value is -2.29. The van der Waals surface area contributed by atoms with E-state index in [9.17, 15) is 4.39 Å². The molecule has 1 aromatic carbocycles. The maximum Gasteiger partial charge on any atom is 0.127 e. The van der Waals surface area contributed by atoms with Crippen molar-refractivity contribution < 1.29 is 4.39 Å². The van der Waals surface area contributed by atoms with E-state index in [4.69, 9.17) is 0 Å². The van der Waals surface area contributed by atoms with Crippen molar-refractivity contribution >= 4 is 0 Å². The summed E-state index contributed by atoms with van der Waals surface area (Å²) in [6.45, 7) is 1.98. The summed E-state index contributed by atoms with van der Waals surface area (Å²) < 4.78 is 14.2. The number of aromatic amines is 2. The van der Waals surface area contributed by atoms with E-state index in [0.29, 0.717) is 5.56 Å². The fraction of sp³-hybridized carbons (Fsp3) is 0.125. The van der Waals surface area contributed by atoms with Gasteiger partial charge < -0.3 is 9.97 Å². The molecule has 0 atom stereocenters. The molecule has 0 aliphatic carbocycles. The Morgan fingerprint density at radius 2 is 1.58 bits per heavy atom. The second-order valence-corrected chi connectivity index (χ2v) is 4.71. The fourth-order valence-corrected chi connectivity index (χ4v) is 2.43. The van der Waals surface area contributed by atoms with Crippen LogP contribution >= 0.6 is 0 Å². The molecule has 0 aliphatic rings. The van der Waals surface area contributed by atoms with Crippen LogP contribution in [0.4, 0.5) is 4.39 Å². The van der Waals surface area contributed by atoms with E-state index in [2.05, 4.69) is 9.97 Å². The van der Waals surface area contributed by atoms with Gasteiger partial charge in [0.05, 0.1) is 5.92 Å². The minimum Gasteiger partial charge on any atom is -0.364 e. The average molecular weight is 254 g/mol. The normalized spacial score (nSPS) is 11.1. The molecule has 19 heavy (non-hydrogen) atoms. The molecule has 2 heterocycles. The molecule has 0 spiro atoms. The van der Waals surface area contributed by atoms with E-state index >= 15 is 0 Å². The van der Waals surface area contributed by atoms with E-state index in [-0.39, 0.29) is 11.7 Å². The summed E-state index contributed by atoms with van der Waals surface area (Å²) in [5.41, 5.74) is 3.70. The first-order chi connectivity index (χ1) is 9.25. The summed E-state index contributed by atoms with van der Waals surface area (Å²) in [6.07, 6.45) is 3.72. The number of hydrogen-bond donors (Lipinski definition) is 2. The zero-order valence-electron chi connectivity index (χ0n) is 10.7. The third-order valence-electron chi connectivity index (χ3n) is 3.33. The van der Waals surface area contributed by atoms with Gasteiger partial charge in [0.15, 0.2) is 0 Å². The van der Waals surface area contributed by atoms with Crippen LogP contribution in [-0.2, 0) is 0 Å². The molecule has 0 amide bonds. The number of halogens is 1. The molecule has 0 radical (unpaired) electrons. The zero-order chi connectivity index (χ0) is 13.2. The molecule has 2 N–H and O–H groups in total. The Bertz CT molecular complexity index is 620. The Balaban J connectivity index is 2.17. The largest absolute Gasteiger partial charge is 0.364 e. The first kappa shape index (κ1) is 11.8. The van der Waals surface area contributed by atoms with Crippen molar-refractivity contribution in [2.75, 3.05) is 0 Å². The lowest BCUT2D eigenvalue weighted by Crippen LogP contribution is -2.07. The third-order valence-corrected chi connectivity index (χ3v) is 3.33. The van der Waals surface area contributed by atoms with Gasteiger partial charge in [0.1, 0.15) is 5.82 Å². The van der Waals surface area contributed by atoms with Crippen molar-refractivity contribution in [2.45, 2.75) is 12.8 Å². The number of benzene rings is 1. The highest BCUT2D eigenvalue weighted by Gasteiger charge is 2.21. The van der Waals surface area contributed by atoms with Gasteiger partial charge in [-0.25, -0.2) is 4.39 Å². The highest BCUT2D eigenvalue weighted by atomic mass is 19.1. The first-order valence-corrected chi connectivity index (χ1v) is 6.28. The highest BCUT2D eigenvalue weighted by Crippen LogP contribution is 2.32. The van der Waals surface area contributed by atoms with Gasteiger partial charge in [0.25, 0.3) is 0 Å². The van der Waals surface area contributed by atoms with E-state index in [1.807, 2.05) is 49.6 Å². The lowest BCUT2D eigenvalue weighted by molar-refractivity contribution is 0.603. The minimum atomic E-state index is -0.181. The molecule has 0 bridgehead atoms. The minimum absolute atomic E-state index is 0.134. The summed E-state index contributed by atoms with van der Waals surface area (Å²) in [6, 6.07) is 13.0. The molecule has 0 fully saturated rings. The predicted molar refractivity (Wildman–Crippen MR) is 73.7 cm³/mol. The summed E-state index contributed by atoms with van der Waals surface area (Å²) >= 11 is 0. The SMILES string of the molecule is Cc1ccc(F)c(C(c2ccc[nH]2)c2ccc[nH]2)c1. The van der Waals surface area contributed by atoms with Crippen LogP contribution in [0.25, 0.3) is 0 Å². The molecule has 0 aliphatic heterocycles. The van der Waals surface area contributed by atoms with Crippen molar-refractivity contribution in [3.63, 3.8) is 0 Å². The number of rotatable bonds is 3. The first-order valence-electron chi connectivity index (χ1n) is 6.28. The van der Waals surface area contributed by atoms with Gasteiger partial charge in [-0.05, 0) is 37.3 Å². The maximum absolute atomic E-state index is 14.2. The molecule has 2 aromatic heterocycles. The van der Waals surface area contributed by atoms with Crippen LogP contribution in [0.3, 0.4) is 0 Å². The van der Waals surface area contributed by atoms with Crippen molar-refractivity contribution in [3.8, 4) is 0 Å². The van der Waals surface area contributed by atoms with Crippen molar-refractivity contribution in [1.29, 1.82) is 0 Å². The predicted octanol–water partition coefficient (Wildman–Crippen LogP) is 3.97. The third kappa shape index (κ3) is 2.19. The molecule has 0 saturated heterocycles. The molecule has 0 unspecified atom stereocenters. The number of nitrogens with one attached hydrogen (secondary N) is 2.